The van der Waals surface area contributed by atoms with Gasteiger partial charge in [0.15, 0.2) is 5.96 Å². The molecular formula is C17H32N6O. The summed E-state index contributed by atoms with van der Waals surface area (Å²) in [4.78, 5) is 8.41. The molecule has 0 bridgehead atoms. The Kier molecular flexibility index (Phi) is 8.59. The monoisotopic (exact) mass is 336 g/mol. The standard InChI is InChI=1S/C17H32N6O/c1-18-17(20-13-16-21-14-22-23(16)2)19-11-7-4-8-12-24-15-9-5-3-6-10-15/h14-15H,3-13H2,1-2H3,(H2,18,19,20). The second-order valence-corrected chi connectivity index (χ2v) is 6.34. The molecule has 0 atom stereocenters. The largest absolute Gasteiger partial charge is 0.378 e. The molecule has 1 heterocycles. The number of ether oxygens (including phenoxy) is 1. The van der Waals surface area contributed by atoms with Crippen molar-refractivity contribution in [1.82, 2.24) is 25.4 Å². The van der Waals surface area contributed by atoms with E-state index < -0.39 is 0 Å². The molecule has 1 saturated carbocycles. The summed E-state index contributed by atoms with van der Waals surface area (Å²) in [7, 11) is 3.67. The second kappa shape index (κ2) is 11.0. The lowest BCUT2D eigenvalue weighted by molar-refractivity contribution is 0.0264. The first-order valence-corrected chi connectivity index (χ1v) is 9.18. The van der Waals surface area contributed by atoms with Crippen LogP contribution in [0.25, 0.3) is 0 Å². The smallest absolute Gasteiger partial charge is 0.191 e. The third-order valence-electron chi connectivity index (χ3n) is 4.46. The predicted molar refractivity (Wildman–Crippen MR) is 95.9 cm³/mol. The predicted octanol–water partition coefficient (Wildman–Crippen LogP) is 2.00. The van der Waals surface area contributed by atoms with E-state index >= 15 is 0 Å². The lowest BCUT2D eigenvalue weighted by atomic mass is 9.98. The summed E-state index contributed by atoms with van der Waals surface area (Å²) in [6.45, 7) is 2.44. The van der Waals surface area contributed by atoms with Crippen LogP contribution < -0.4 is 10.6 Å². The maximum atomic E-state index is 5.95. The number of aromatic nitrogens is 3. The Hall–Kier alpha value is -1.63. The average molecular weight is 336 g/mol. The minimum absolute atomic E-state index is 0.528. The first-order valence-electron chi connectivity index (χ1n) is 9.18. The van der Waals surface area contributed by atoms with E-state index in [9.17, 15) is 0 Å². The van der Waals surface area contributed by atoms with Gasteiger partial charge < -0.3 is 15.4 Å². The zero-order chi connectivity index (χ0) is 17.0. The highest BCUT2D eigenvalue weighted by Crippen LogP contribution is 2.20. The van der Waals surface area contributed by atoms with Gasteiger partial charge in [-0.2, -0.15) is 5.10 Å². The van der Waals surface area contributed by atoms with Crippen LogP contribution in [0.15, 0.2) is 11.3 Å². The van der Waals surface area contributed by atoms with E-state index in [1.54, 1.807) is 18.1 Å². The van der Waals surface area contributed by atoms with E-state index in [1.807, 2.05) is 7.05 Å². The first-order chi connectivity index (χ1) is 11.8. The van der Waals surface area contributed by atoms with Crippen LogP contribution in [0, 0.1) is 0 Å². The lowest BCUT2D eigenvalue weighted by Crippen LogP contribution is -2.37. The van der Waals surface area contributed by atoms with Crippen molar-refractivity contribution in [2.45, 2.75) is 64.0 Å². The molecule has 0 amide bonds. The Morgan fingerprint density at radius 1 is 1.25 bits per heavy atom. The number of unbranched alkanes of at least 4 members (excludes halogenated alkanes) is 2. The molecule has 1 aromatic heterocycles. The fourth-order valence-corrected chi connectivity index (χ4v) is 2.96. The second-order valence-electron chi connectivity index (χ2n) is 6.34. The van der Waals surface area contributed by atoms with E-state index in [0.717, 1.165) is 37.8 Å². The van der Waals surface area contributed by atoms with Gasteiger partial charge in [-0.05, 0) is 32.1 Å². The zero-order valence-corrected chi connectivity index (χ0v) is 15.1. The minimum Gasteiger partial charge on any atom is -0.378 e. The van der Waals surface area contributed by atoms with E-state index in [0.29, 0.717) is 12.6 Å². The van der Waals surface area contributed by atoms with Crippen LogP contribution in [0.2, 0.25) is 0 Å². The molecule has 0 aliphatic heterocycles. The number of nitrogens with zero attached hydrogens (tertiary/aromatic N) is 4. The Morgan fingerprint density at radius 3 is 2.79 bits per heavy atom. The Labute approximate surface area is 145 Å². The highest BCUT2D eigenvalue weighted by atomic mass is 16.5. The molecule has 7 heteroatoms. The molecular weight excluding hydrogens is 304 g/mol. The van der Waals surface area contributed by atoms with Crippen molar-refractivity contribution in [1.29, 1.82) is 0 Å². The Bertz CT molecular complexity index is 481. The van der Waals surface area contributed by atoms with Crippen molar-refractivity contribution in [3.63, 3.8) is 0 Å². The number of hydrogen-bond donors (Lipinski definition) is 2. The van der Waals surface area contributed by atoms with Crippen molar-refractivity contribution in [3.05, 3.63) is 12.2 Å². The Balaban J connectivity index is 1.47. The lowest BCUT2D eigenvalue weighted by Gasteiger charge is -2.21. The van der Waals surface area contributed by atoms with Crippen LogP contribution in [0.5, 0.6) is 0 Å². The number of aryl methyl sites for hydroxylation is 1. The van der Waals surface area contributed by atoms with Gasteiger partial charge in [0.25, 0.3) is 0 Å². The molecule has 1 aromatic rings. The number of nitrogens with one attached hydrogen (secondary N) is 2. The zero-order valence-electron chi connectivity index (χ0n) is 15.1. The molecule has 0 aromatic carbocycles. The van der Waals surface area contributed by atoms with E-state index in [1.165, 1.54) is 38.5 Å². The molecule has 7 nitrogen and oxygen atoms in total. The molecule has 24 heavy (non-hydrogen) atoms. The van der Waals surface area contributed by atoms with Crippen LogP contribution in [0.3, 0.4) is 0 Å². The normalized spacial score (nSPS) is 16.3. The third kappa shape index (κ3) is 6.86. The van der Waals surface area contributed by atoms with Crippen LogP contribution in [-0.2, 0) is 18.3 Å². The fourth-order valence-electron chi connectivity index (χ4n) is 2.96. The maximum absolute atomic E-state index is 5.95. The fraction of sp³-hybridized carbons (Fsp3) is 0.824. The molecule has 2 N–H and O–H groups in total. The minimum atomic E-state index is 0.528. The van der Waals surface area contributed by atoms with Gasteiger partial charge in [0, 0.05) is 27.2 Å². The average Bonchev–Trinajstić information content (AvgIpc) is 3.02. The summed E-state index contributed by atoms with van der Waals surface area (Å²) in [6.07, 6.45) is 12.1. The van der Waals surface area contributed by atoms with Crippen LogP contribution >= 0.6 is 0 Å². The van der Waals surface area contributed by atoms with Gasteiger partial charge in [0.05, 0.1) is 12.6 Å². The number of hydrogen-bond acceptors (Lipinski definition) is 4. The molecule has 2 rings (SSSR count). The molecule has 1 fully saturated rings. The molecule has 1 aliphatic carbocycles. The van der Waals surface area contributed by atoms with Gasteiger partial charge in [-0.15, -0.1) is 0 Å². The molecule has 0 unspecified atom stereocenters. The van der Waals surface area contributed by atoms with Gasteiger partial charge >= 0.3 is 0 Å². The molecule has 0 spiro atoms. The van der Waals surface area contributed by atoms with Crippen LogP contribution in [0.4, 0.5) is 0 Å². The van der Waals surface area contributed by atoms with Gasteiger partial charge in [0.1, 0.15) is 12.2 Å². The van der Waals surface area contributed by atoms with Crippen molar-refractivity contribution in [2.24, 2.45) is 12.0 Å². The van der Waals surface area contributed by atoms with Gasteiger partial charge in [-0.1, -0.05) is 19.3 Å². The van der Waals surface area contributed by atoms with E-state index in [4.69, 9.17) is 4.74 Å². The van der Waals surface area contributed by atoms with Gasteiger partial charge in [-0.25, -0.2) is 4.98 Å². The quantitative estimate of drug-likeness (QED) is 0.410. The van der Waals surface area contributed by atoms with E-state index in [2.05, 4.69) is 25.7 Å². The summed E-state index contributed by atoms with van der Waals surface area (Å²) >= 11 is 0. The Morgan fingerprint density at radius 2 is 2.08 bits per heavy atom. The SMILES string of the molecule is CN=C(NCCCCCOC1CCCCC1)NCc1ncnn1C. The number of aliphatic imine (C=N–C) groups is 1. The van der Waals surface area contributed by atoms with Gasteiger partial charge in [-0.3, -0.25) is 9.67 Å². The highest BCUT2D eigenvalue weighted by molar-refractivity contribution is 5.79. The van der Waals surface area contributed by atoms with Crippen molar-refractivity contribution in [2.75, 3.05) is 20.2 Å². The summed E-state index contributed by atoms with van der Waals surface area (Å²) in [6, 6.07) is 0. The molecule has 1 aliphatic rings. The van der Waals surface area contributed by atoms with Crippen molar-refractivity contribution >= 4 is 5.96 Å². The topological polar surface area (TPSA) is 76.4 Å². The van der Waals surface area contributed by atoms with Crippen molar-refractivity contribution in [3.8, 4) is 0 Å². The summed E-state index contributed by atoms with van der Waals surface area (Å²) in [5.74, 6) is 1.69. The maximum Gasteiger partial charge on any atom is 0.191 e. The first kappa shape index (κ1) is 18.7. The van der Waals surface area contributed by atoms with Crippen LogP contribution in [-0.4, -0.2) is 47.0 Å². The summed E-state index contributed by atoms with van der Waals surface area (Å²) < 4.78 is 7.71. The third-order valence-corrected chi connectivity index (χ3v) is 4.46. The summed E-state index contributed by atoms with van der Waals surface area (Å²) in [5.41, 5.74) is 0. The van der Waals surface area contributed by atoms with Gasteiger partial charge in [0.2, 0.25) is 0 Å². The molecule has 136 valence electrons. The highest BCUT2D eigenvalue weighted by Gasteiger charge is 2.12. The molecule has 0 radical (unpaired) electrons. The van der Waals surface area contributed by atoms with Crippen molar-refractivity contribution < 1.29 is 4.74 Å². The summed E-state index contributed by atoms with van der Waals surface area (Å²) in [5, 5.41) is 10.6. The van der Waals surface area contributed by atoms with E-state index in [-0.39, 0.29) is 0 Å². The number of guanidine groups is 1. The van der Waals surface area contributed by atoms with Crippen LogP contribution in [0.1, 0.15) is 57.2 Å². The number of rotatable bonds is 9. The molecule has 0 saturated heterocycles.